The third-order valence-electron chi connectivity index (χ3n) is 5.09. The summed E-state index contributed by atoms with van der Waals surface area (Å²) in [4.78, 5) is 22.8. The average Bonchev–Trinajstić information content (AvgIpc) is 2.75. The number of nitrogens with zero attached hydrogens (tertiary/aromatic N) is 4. The van der Waals surface area contributed by atoms with Gasteiger partial charge in [-0.1, -0.05) is 12.1 Å². The Balaban J connectivity index is 1.61. The molecular formula is C21H22FN5O4S. The summed E-state index contributed by atoms with van der Waals surface area (Å²) >= 11 is 0. The van der Waals surface area contributed by atoms with Crippen LogP contribution in [0.1, 0.15) is 11.7 Å². The summed E-state index contributed by atoms with van der Waals surface area (Å²) in [6.07, 6.45) is 3.31. The number of pyridine rings is 1. The minimum Gasteiger partial charge on any atom is -0.370 e. The van der Waals surface area contributed by atoms with Crippen molar-refractivity contribution in [2.24, 2.45) is 7.05 Å². The van der Waals surface area contributed by atoms with Crippen LogP contribution >= 0.6 is 0 Å². The van der Waals surface area contributed by atoms with Gasteiger partial charge >= 0.3 is 0 Å². The van der Waals surface area contributed by atoms with Gasteiger partial charge in [0.2, 0.25) is 16.0 Å². The standard InChI is InChI=1S/C21H22FN5O4S/c1-26-20(28)11-18(16-7-8-23-12-17(16)22)24-21(26)27-9-10-31-19(13-27)14-3-5-15(6-4-14)25-32(2,29)30/h3-8,11-12,19,25H,9-10,13H2,1-2H3/t19-/m1/s1. The Bertz CT molecular complexity index is 1290. The van der Waals surface area contributed by atoms with Gasteiger partial charge in [-0.15, -0.1) is 0 Å². The Morgan fingerprint density at radius 2 is 1.97 bits per heavy atom. The monoisotopic (exact) mass is 459 g/mol. The van der Waals surface area contributed by atoms with Crippen molar-refractivity contribution >= 4 is 21.7 Å². The molecule has 1 N–H and O–H groups in total. The van der Waals surface area contributed by atoms with E-state index in [-0.39, 0.29) is 22.9 Å². The van der Waals surface area contributed by atoms with E-state index in [1.54, 1.807) is 31.3 Å². The second kappa shape index (κ2) is 8.67. The molecule has 4 rings (SSSR count). The van der Waals surface area contributed by atoms with E-state index in [0.717, 1.165) is 18.0 Å². The van der Waals surface area contributed by atoms with E-state index in [0.29, 0.717) is 31.3 Å². The first kappa shape index (κ1) is 21.9. The number of hydrogen-bond acceptors (Lipinski definition) is 7. The van der Waals surface area contributed by atoms with Gasteiger partial charge in [0.05, 0.1) is 31.3 Å². The highest BCUT2D eigenvalue weighted by molar-refractivity contribution is 7.92. The molecule has 3 heterocycles. The molecule has 1 atom stereocenters. The van der Waals surface area contributed by atoms with Gasteiger partial charge in [0, 0.05) is 37.1 Å². The number of rotatable bonds is 5. The van der Waals surface area contributed by atoms with Crippen molar-refractivity contribution in [2.75, 3.05) is 35.6 Å². The SMILES string of the molecule is Cn1c(N2CCO[C@@H](c3ccc(NS(C)(=O)=O)cc3)C2)nc(-c2ccncc2F)cc1=O. The van der Waals surface area contributed by atoms with Crippen molar-refractivity contribution in [3.63, 3.8) is 0 Å². The van der Waals surface area contributed by atoms with Crippen molar-refractivity contribution in [2.45, 2.75) is 6.10 Å². The molecule has 0 bridgehead atoms. The fraction of sp³-hybridized carbons (Fsp3) is 0.286. The van der Waals surface area contributed by atoms with Crippen LogP contribution in [0.15, 0.2) is 53.6 Å². The lowest BCUT2D eigenvalue weighted by atomic mass is 10.1. The predicted octanol–water partition coefficient (Wildman–Crippen LogP) is 1.93. The fourth-order valence-corrected chi connectivity index (χ4v) is 4.11. The van der Waals surface area contributed by atoms with Crippen LogP contribution in [-0.4, -0.2) is 48.9 Å². The maximum atomic E-state index is 14.2. The van der Waals surface area contributed by atoms with Crippen LogP contribution in [0.4, 0.5) is 16.0 Å². The molecule has 9 nitrogen and oxygen atoms in total. The second-order valence-electron chi connectivity index (χ2n) is 7.50. The number of nitrogens with one attached hydrogen (secondary N) is 1. The van der Waals surface area contributed by atoms with Crippen molar-refractivity contribution < 1.29 is 17.5 Å². The molecule has 168 valence electrons. The van der Waals surface area contributed by atoms with Gasteiger partial charge in [0.25, 0.3) is 5.56 Å². The second-order valence-corrected chi connectivity index (χ2v) is 9.24. The number of morpholine rings is 1. The van der Waals surface area contributed by atoms with Crippen LogP contribution in [-0.2, 0) is 21.8 Å². The third-order valence-corrected chi connectivity index (χ3v) is 5.70. The molecule has 1 aliphatic heterocycles. The molecule has 32 heavy (non-hydrogen) atoms. The zero-order chi connectivity index (χ0) is 22.9. The number of sulfonamides is 1. The Morgan fingerprint density at radius 3 is 2.66 bits per heavy atom. The largest absolute Gasteiger partial charge is 0.370 e. The third kappa shape index (κ3) is 4.78. The predicted molar refractivity (Wildman–Crippen MR) is 118 cm³/mol. The summed E-state index contributed by atoms with van der Waals surface area (Å²) in [6, 6.07) is 9.69. The molecule has 0 unspecified atom stereocenters. The highest BCUT2D eigenvalue weighted by Gasteiger charge is 2.25. The molecule has 0 spiro atoms. The maximum Gasteiger partial charge on any atom is 0.255 e. The van der Waals surface area contributed by atoms with Crippen LogP contribution in [0.25, 0.3) is 11.3 Å². The van der Waals surface area contributed by atoms with Crippen LogP contribution in [0.3, 0.4) is 0 Å². The van der Waals surface area contributed by atoms with Gasteiger partial charge in [-0.2, -0.15) is 0 Å². The Morgan fingerprint density at radius 1 is 1.22 bits per heavy atom. The molecule has 0 amide bonds. The van der Waals surface area contributed by atoms with Crippen molar-refractivity contribution in [1.29, 1.82) is 0 Å². The van der Waals surface area contributed by atoms with E-state index < -0.39 is 15.8 Å². The molecule has 0 aliphatic carbocycles. The minimum absolute atomic E-state index is 0.206. The van der Waals surface area contributed by atoms with E-state index in [9.17, 15) is 17.6 Å². The van der Waals surface area contributed by atoms with Gasteiger partial charge in [-0.3, -0.25) is 19.1 Å². The molecule has 1 aliphatic rings. The molecule has 1 fully saturated rings. The summed E-state index contributed by atoms with van der Waals surface area (Å²) in [5.74, 6) is -0.144. The lowest BCUT2D eigenvalue weighted by molar-refractivity contribution is 0.0390. The first-order valence-corrected chi connectivity index (χ1v) is 11.7. The van der Waals surface area contributed by atoms with Gasteiger partial charge in [0.15, 0.2) is 5.82 Å². The number of halogens is 1. The van der Waals surface area contributed by atoms with Gasteiger partial charge < -0.3 is 9.64 Å². The molecule has 11 heteroatoms. The number of hydrogen-bond donors (Lipinski definition) is 1. The van der Waals surface area contributed by atoms with E-state index in [2.05, 4.69) is 14.7 Å². The first-order valence-electron chi connectivity index (χ1n) is 9.83. The van der Waals surface area contributed by atoms with E-state index >= 15 is 0 Å². The number of aromatic nitrogens is 3. The summed E-state index contributed by atoms with van der Waals surface area (Å²) in [6.45, 7) is 1.33. The van der Waals surface area contributed by atoms with Crippen molar-refractivity contribution in [1.82, 2.24) is 14.5 Å². The topological polar surface area (TPSA) is 106 Å². The van der Waals surface area contributed by atoms with E-state index in [1.165, 1.54) is 22.9 Å². The van der Waals surface area contributed by atoms with Crippen LogP contribution in [0, 0.1) is 5.82 Å². The van der Waals surface area contributed by atoms with E-state index in [4.69, 9.17) is 4.74 Å². The van der Waals surface area contributed by atoms with Crippen molar-refractivity contribution in [3.8, 4) is 11.3 Å². The maximum absolute atomic E-state index is 14.2. The molecular weight excluding hydrogens is 437 g/mol. The molecule has 2 aromatic heterocycles. The normalized spacial score (nSPS) is 16.7. The molecule has 1 aromatic carbocycles. The Labute approximate surface area is 184 Å². The number of benzene rings is 1. The highest BCUT2D eigenvalue weighted by atomic mass is 32.2. The van der Waals surface area contributed by atoms with Gasteiger partial charge in [-0.05, 0) is 23.8 Å². The minimum atomic E-state index is -3.36. The summed E-state index contributed by atoms with van der Waals surface area (Å²) in [7, 11) is -1.74. The summed E-state index contributed by atoms with van der Waals surface area (Å²) in [5.41, 5.74) is 1.45. The first-order chi connectivity index (χ1) is 15.2. The Hall–Kier alpha value is -3.31. The zero-order valence-corrected chi connectivity index (χ0v) is 18.3. The summed E-state index contributed by atoms with van der Waals surface area (Å²) in [5, 5.41) is 0. The van der Waals surface area contributed by atoms with Gasteiger partial charge in [0.1, 0.15) is 6.10 Å². The number of ether oxygens (including phenoxy) is 1. The average molecular weight is 460 g/mol. The summed E-state index contributed by atoms with van der Waals surface area (Å²) < 4.78 is 46.7. The van der Waals surface area contributed by atoms with Crippen LogP contribution < -0.4 is 15.2 Å². The smallest absolute Gasteiger partial charge is 0.255 e. The highest BCUT2D eigenvalue weighted by Crippen LogP contribution is 2.27. The van der Waals surface area contributed by atoms with Gasteiger partial charge in [-0.25, -0.2) is 17.8 Å². The molecule has 1 saturated heterocycles. The van der Waals surface area contributed by atoms with Crippen LogP contribution in [0.2, 0.25) is 0 Å². The Kier molecular flexibility index (Phi) is 5.94. The molecule has 3 aromatic rings. The quantitative estimate of drug-likeness (QED) is 0.621. The van der Waals surface area contributed by atoms with Crippen LogP contribution in [0.5, 0.6) is 0 Å². The zero-order valence-electron chi connectivity index (χ0n) is 17.5. The molecule has 0 saturated carbocycles. The lowest BCUT2D eigenvalue weighted by Gasteiger charge is -2.34. The van der Waals surface area contributed by atoms with Crippen molar-refractivity contribution in [3.05, 3.63) is 70.5 Å². The molecule has 0 radical (unpaired) electrons. The lowest BCUT2D eigenvalue weighted by Crippen LogP contribution is -2.41. The fourth-order valence-electron chi connectivity index (χ4n) is 3.54. The van der Waals surface area contributed by atoms with E-state index in [1.807, 2.05) is 4.90 Å². The number of anilines is 2.